The van der Waals surface area contributed by atoms with Gasteiger partial charge in [0.2, 0.25) is 5.82 Å². The standard InChI is InChI=1S/C17H25F5O2Si/c1-4-5-6-7-8-9-10-23-25(2,3)24-11-12-13(18)15(20)17(22)16(21)14(12)19/h4-11H2,1-3H3. The van der Waals surface area contributed by atoms with Gasteiger partial charge in [-0.25, -0.2) is 22.0 Å². The van der Waals surface area contributed by atoms with Crippen LogP contribution in [0.4, 0.5) is 22.0 Å². The summed E-state index contributed by atoms with van der Waals surface area (Å²) < 4.78 is 77.5. The highest BCUT2D eigenvalue weighted by atomic mass is 28.4. The normalized spacial score (nSPS) is 12.0. The largest absolute Gasteiger partial charge is 0.395 e. The van der Waals surface area contributed by atoms with Crippen LogP contribution >= 0.6 is 0 Å². The highest BCUT2D eigenvalue weighted by Gasteiger charge is 2.29. The predicted molar refractivity (Wildman–Crippen MR) is 87.8 cm³/mol. The van der Waals surface area contributed by atoms with Crippen molar-refractivity contribution in [3.8, 4) is 0 Å². The molecule has 0 bridgehead atoms. The summed E-state index contributed by atoms with van der Waals surface area (Å²) in [5, 5.41) is 0. The third kappa shape index (κ3) is 6.67. The fourth-order valence-electron chi connectivity index (χ4n) is 2.27. The van der Waals surface area contributed by atoms with E-state index >= 15 is 0 Å². The lowest BCUT2D eigenvalue weighted by atomic mass is 10.1. The van der Waals surface area contributed by atoms with E-state index < -0.39 is 49.8 Å². The van der Waals surface area contributed by atoms with Crippen molar-refractivity contribution in [3.63, 3.8) is 0 Å². The summed E-state index contributed by atoms with van der Waals surface area (Å²) >= 11 is 0. The molecule has 0 saturated heterocycles. The average Bonchev–Trinajstić information content (AvgIpc) is 2.57. The maximum atomic E-state index is 13.6. The minimum absolute atomic E-state index is 0.447. The van der Waals surface area contributed by atoms with Gasteiger partial charge in [0, 0.05) is 6.61 Å². The van der Waals surface area contributed by atoms with Crippen molar-refractivity contribution >= 4 is 8.56 Å². The van der Waals surface area contributed by atoms with E-state index in [0.717, 1.165) is 19.3 Å². The summed E-state index contributed by atoms with van der Waals surface area (Å²) in [4.78, 5) is 0. The van der Waals surface area contributed by atoms with Crippen molar-refractivity contribution in [1.82, 2.24) is 0 Å². The summed E-state index contributed by atoms with van der Waals surface area (Å²) in [5.41, 5.74) is -0.972. The molecule has 0 N–H and O–H groups in total. The third-order valence-electron chi connectivity index (χ3n) is 3.81. The number of hydrogen-bond donors (Lipinski definition) is 0. The molecule has 0 radical (unpaired) electrons. The van der Waals surface area contributed by atoms with E-state index in [1.807, 2.05) is 0 Å². The molecule has 0 spiro atoms. The molecule has 0 aliphatic rings. The van der Waals surface area contributed by atoms with Gasteiger partial charge in [0.25, 0.3) is 0 Å². The average molecular weight is 384 g/mol. The number of halogens is 5. The second-order valence-corrected chi connectivity index (χ2v) is 9.73. The summed E-state index contributed by atoms with van der Waals surface area (Å²) in [7, 11) is -2.73. The molecule has 1 aromatic rings. The van der Waals surface area contributed by atoms with Gasteiger partial charge in [0.15, 0.2) is 23.3 Å². The van der Waals surface area contributed by atoms with Gasteiger partial charge in [-0.15, -0.1) is 0 Å². The molecule has 1 aromatic carbocycles. The van der Waals surface area contributed by atoms with Crippen molar-refractivity contribution in [1.29, 1.82) is 0 Å². The molecule has 0 aromatic heterocycles. The van der Waals surface area contributed by atoms with Crippen molar-refractivity contribution in [2.45, 2.75) is 65.1 Å². The lowest BCUT2D eigenvalue weighted by molar-refractivity contribution is 0.163. The van der Waals surface area contributed by atoms with Crippen molar-refractivity contribution in [3.05, 3.63) is 34.6 Å². The molecule has 0 aliphatic carbocycles. The van der Waals surface area contributed by atoms with Crippen LogP contribution in [0.3, 0.4) is 0 Å². The maximum Gasteiger partial charge on any atom is 0.332 e. The Bertz CT molecular complexity index is 537. The molecular formula is C17H25F5O2Si. The summed E-state index contributed by atoms with van der Waals surface area (Å²) in [5.74, 6) is -9.83. The lowest BCUT2D eigenvalue weighted by Gasteiger charge is -2.23. The first-order valence-corrected chi connectivity index (χ1v) is 11.3. The Hall–Kier alpha value is -0.993. The van der Waals surface area contributed by atoms with Crippen molar-refractivity contribution in [2.24, 2.45) is 0 Å². The number of rotatable bonds is 11. The Morgan fingerprint density at radius 2 is 1.16 bits per heavy atom. The van der Waals surface area contributed by atoms with Crippen LogP contribution in [0.1, 0.15) is 51.0 Å². The van der Waals surface area contributed by atoms with Crippen LogP contribution in [-0.4, -0.2) is 15.2 Å². The van der Waals surface area contributed by atoms with E-state index in [1.54, 1.807) is 13.1 Å². The fourth-order valence-corrected chi connectivity index (χ4v) is 3.48. The quantitative estimate of drug-likeness (QED) is 0.154. The zero-order valence-corrected chi connectivity index (χ0v) is 15.9. The fraction of sp³-hybridized carbons (Fsp3) is 0.647. The van der Waals surface area contributed by atoms with E-state index in [2.05, 4.69) is 6.92 Å². The lowest BCUT2D eigenvalue weighted by Crippen LogP contribution is -2.35. The first kappa shape index (κ1) is 22.0. The van der Waals surface area contributed by atoms with Crippen LogP contribution in [0, 0.1) is 29.1 Å². The zero-order valence-electron chi connectivity index (χ0n) is 14.9. The first-order chi connectivity index (χ1) is 11.7. The van der Waals surface area contributed by atoms with Gasteiger partial charge in [-0.1, -0.05) is 39.0 Å². The molecule has 144 valence electrons. The molecule has 25 heavy (non-hydrogen) atoms. The van der Waals surface area contributed by atoms with Crippen LogP contribution in [0.15, 0.2) is 0 Å². The van der Waals surface area contributed by atoms with E-state index in [1.165, 1.54) is 19.3 Å². The maximum absolute atomic E-state index is 13.6. The molecule has 0 atom stereocenters. The van der Waals surface area contributed by atoms with E-state index in [-0.39, 0.29) is 0 Å². The van der Waals surface area contributed by atoms with E-state index in [0.29, 0.717) is 6.61 Å². The molecule has 0 unspecified atom stereocenters. The Kier molecular flexibility index (Phi) is 9.02. The number of hydrogen-bond acceptors (Lipinski definition) is 2. The summed E-state index contributed by atoms with van der Waals surface area (Å²) in [6, 6.07) is 0. The molecule has 0 amide bonds. The number of unbranched alkanes of at least 4 members (excludes halogenated alkanes) is 5. The van der Waals surface area contributed by atoms with Crippen LogP contribution in [0.5, 0.6) is 0 Å². The molecule has 0 saturated carbocycles. The van der Waals surface area contributed by atoms with Crippen LogP contribution in [0.25, 0.3) is 0 Å². The van der Waals surface area contributed by atoms with Gasteiger partial charge >= 0.3 is 8.56 Å². The van der Waals surface area contributed by atoms with Crippen LogP contribution in [-0.2, 0) is 15.5 Å². The second-order valence-electron chi connectivity index (χ2n) is 6.35. The van der Waals surface area contributed by atoms with Gasteiger partial charge < -0.3 is 8.85 Å². The minimum atomic E-state index is -2.73. The van der Waals surface area contributed by atoms with E-state index in [9.17, 15) is 22.0 Å². The molecule has 0 heterocycles. The van der Waals surface area contributed by atoms with Crippen molar-refractivity contribution < 1.29 is 30.8 Å². The third-order valence-corrected chi connectivity index (χ3v) is 5.55. The number of benzene rings is 1. The van der Waals surface area contributed by atoms with Crippen LogP contribution < -0.4 is 0 Å². The topological polar surface area (TPSA) is 18.5 Å². The zero-order chi connectivity index (χ0) is 19.0. The second kappa shape index (κ2) is 10.2. The molecule has 8 heteroatoms. The van der Waals surface area contributed by atoms with Crippen LogP contribution in [0.2, 0.25) is 13.1 Å². The van der Waals surface area contributed by atoms with Gasteiger partial charge in [-0.3, -0.25) is 0 Å². The van der Waals surface area contributed by atoms with Gasteiger partial charge in [-0.05, 0) is 19.5 Å². The van der Waals surface area contributed by atoms with Gasteiger partial charge in [0.1, 0.15) is 0 Å². The Balaban J connectivity index is 2.51. The predicted octanol–water partition coefficient (Wildman–Crippen LogP) is 5.98. The molecule has 1 rings (SSSR count). The Morgan fingerprint density at radius 3 is 1.72 bits per heavy atom. The first-order valence-electron chi connectivity index (χ1n) is 8.49. The van der Waals surface area contributed by atoms with Gasteiger partial charge in [0.05, 0.1) is 12.2 Å². The molecular weight excluding hydrogens is 359 g/mol. The SMILES string of the molecule is CCCCCCCCO[Si](C)(C)OCc1c(F)c(F)c(F)c(F)c1F. The highest BCUT2D eigenvalue weighted by Crippen LogP contribution is 2.24. The van der Waals surface area contributed by atoms with Gasteiger partial charge in [-0.2, -0.15) is 0 Å². The smallest absolute Gasteiger partial charge is 0.332 e. The summed E-state index contributed by atoms with van der Waals surface area (Å²) in [6.07, 6.45) is 6.51. The highest BCUT2D eigenvalue weighted by molar-refractivity contribution is 6.64. The summed E-state index contributed by atoms with van der Waals surface area (Å²) in [6.45, 7) is 5.19. The Morgan fingerprint density at radius 1 is 0.680 bits per heavy atom. The molecule has 2 nitrogen and oxygen atoms in total. The Labute approximate surface area is 146 Å². The van der Waals surface area contributed by atoms with E-state index in [4.69, 9.17) is 8.85 Å². The molecule has 0 fully saturated rings. The monoisotopic (exact) mass is 384 g/mol. The minimum Gasteiger partial charge on any atom is -0.395 e. The molecule has 0 aliphatic heterocycles. The van der Waals surface area contributed by atoms with Crippen molar-refractivity contribution in [2.75, 3.05) is 6.61 Å².